The average Bonchev–Trinajstić information content (AvgIpc) is 2.82. The van der Waals surface area contributed by atoms with Gasteiger partial charge in [0.15, 0.2) is 0 Å². The van der Waals surface area contributed by atoms with Gasteiger partial charge in [-0.25, -0.2) is 4.79 Å². The predicted octanol–water partition coefficient (Wildman–Crippen LogP) is 4.05. The molecule has 1 saturated carbocycles. The summed E-state index contributed by atoms with van der Waals surface area (Å²) in [4.78, 5) is 11.7. The minimum atomic E-state index is -0.439. The Morgan fingerprint density at radius 1 is 1.26 bits per heavy atom. The van der Waals surface area contributed by atoms with Crippen molar-refractivity contribution in [1.82, 2.24) is 10.6 Å². The zero-order chi connectivity index (χ0) is 16.4. The maximum absolute atomic E-state index is 11.7. The third-order valence-corrected chi connectivity index (χ3v) is 5.01. The molecule has 0 atom stereocenters. The molecule has 0 spiro atoms. The number of ether oxygens (including phenoxy) is 1. The molecule has 0 unspecified atom stereocenters. The lowest BCUT2D eigenvalue weighted by Gasteiger charge is -2.36. The maximum Gasteiger partial charge on any atom is 0.407 e. The molecule has 1 aliphatic rings. The number of fused-ring (bicyclic) bond motifs is 1. The Morgan fingerprint density at radius 2 is 2.00 bits per heavy atom. The van der Waals surface area contributed by atoms with Gasteiger partial charge >= 0.3 is 6.09 Å². The summed E-state index contributed by atoms with van der Waals surface area (Å²) in [6.45, 7) is 6.52. The maximum atomic E-state index is 11.7. The molecule has 3 rings (SSSR count). The number of benzene rings is 1. The Hall–Kier alpha value is -1.59. The van der Waals surface area contributed by atoms with E-state index in [1.54, 1.807) is 11.3 Å². The van der Waals surface area contributed by atoms with E-state index in [0.29, 0.717) is 6.04 Å². The van der Waals surface area contributed by atoms with E-state index in [-0.39, 0.29) is 12.1 Å². The van der Waals surface area contributed by atoms with Crippen LogP contribution >= 0.6 is 11.3 Å². The molecule has 1 fully saturated rings. The number of amides is 1. The van der Waals surface area contributed by atoms with Gasteiger partial charge in [0.05, 0.1) is 0 Å². The molecule has 2 aromatic rings. The second kappa shape index (κ2) is 6.49. The highest BCUT2D eigenvalue weighted by molar-refractivity contribution is 7.17. The van der Waals surface area contributed by atoms with Crippen molar-refractivity contribution in [1.29, 1.82) is 0 Å². The molecule has 5 heteroatoms. The van der Waals surface area contributed by atoms with Crippen LogP contribution in [0.3, 0.4) is 0 Å². The average molecular weight is 332 g/mol. The smallest absolute Gasteiger partial charge is 0.407 e. The van der Waals surface area contributed by atoms with E-state index in [0.717, 1.165) is 19.4 Å². The fourth-order valence-corrected chi connectivity index (χ4v) is 3.76. The standard InChI is InChI=1S/C18H24N2O2S/c1-18(2,3)22-17(21)20-14-8-13(9-14)19-10-12-11-23-16-7-5-4-6-15(12)16/h4-7,11,13-14,19H,8-10H2,1-3H3,(H,20,21). The molecule has 23 heavy (non-hydrogen) atoms. The van der Waals surface area contributed by atoms with Gasteiger partial charge in [0.1, 0.15) is 5.60 Å². The van der Waals surface area contributed by atoms with Crippen LogP contribution in [0, 0.1) is 0 Å². The highest BCUT2D eigenvalue weighted by Crippen LogP contribution is 2.27. The second-order valence-electron chi connectivity index (χ2n) is 7.15. The zero-order valence-electron chi connectivity index (χ0n) is 13.9. The molecule has 0 aliphatic heterocycles. The van der Waals surface area contributed by atoms with E-state index in [1.807, 2.05) is 20.8 Å². The number of thiophene rings is 1. The highest BCUT2D eigenvalue weighted by atomic mass is 32.1. The van der Waals surface area contributed by atoms with Crippen molar-refractivity contribution in [3.63, 3.8) is 0 Å². The van der Waals surface area contributed by atoms with Gasteiger partial charge in [0.25, 0.3) is 0 Å². The van der Waals surface area contributed by atoms with Gasteiger partial charge in [0, 0.05) is 23.3 Å². The molecular formula is C18H24N2O2S. The molecule has 2 N–H and O–H groups in total. The van der Waals surface area contributed by atoms with Crippen LogP contribution in [0.25, 0.3) is 10.1 Å². The quantitative estimate of drug-likeness (QED) is 0.888. The van der Waals surface area contributed by atoms with E-state index in [2.05, 4.69) is 40.3 Å². The van der Waals surface area contributed by atoms with Gasteiger partial charge in [-0.15, -0.1) is 11.3 Å². The number of rotatable bonds is 4. The zero-order valence-corrected chi connectivity index (χ0v) is 14.7. The lowest BCUT2D eigenvalue weighted by molar-refractivity contribution is 0.0465. The molecule has 1 heterocycles. The molecule has 1 aromatic heterocycles. The largest absolute Gasteiger partial charge is 0.444 e. The molecule has 0 saturated heterocycles. The van der Waals surface area contributed by atoms with Crippen LogP contribution in [-0.2, 0) is 11.3 Å². The van der Waals surface area contributed by atoms with Gasteiger partial charge < -0.3 is 15.4 Å². The summed E-state index contributed by atoms with van der Waals surface area (Å²) in [7, 11) is 0. The molecular weight excluding hydrogens is 308 g/mol. The lowest BCUT2D eigenvalue weighted by Crippen LogP contribution is -2.52. The Morgan fingerprint density at radius 3 is 2.74 bits per heavy atom. The molecule has 1 amide bonds. The SMILES string of the molecule is CC(C)(C)OC(=O)NC1CC(NCc2csc3ccccc23)C1. The highest BCUT2D eigenvalue weighted by Gasteiger charge is 2.31. The Kier molecular flexibility index (Phi) is 4.60. The summed E-state index contributed by atoms with van der Waals surface area (Å²) in [6.07, 6.45) is 1.60. The van der Waals surface area contributed by atoms with Crippen LogP contribution in [-0.4, -0.2) is 23.8 Å². The fourth-order valence-electron chi connectivity index (χ4n) is 2.80. The van der Waals surface area contributed by atoms with Crippen LogP contribution in [0.15, 0.2) is 29.6 Å². The van der Waals surface area contributed by atoms with Gasteiger partial charge in [-0.1, -0.05) is 18.2 Å². The first-order chi connectivity index (χ1) is 10.9. The lowest BCUT2D eigenvalue weighted by atomic mass is 9.86. The molecule has 124 valence electrons. The van der Waals surface area contributed by atoms with Crippen molar-refractivity contribution < 1.29 is 9.53 Å². The fraction of sp³-hybridized carbons (Fsp3) is 0.500. The summed E-state index contributed by atoms with van der Waals surface area (Å²) in [6, 6.07) is 9.19. The summed E-state index contributed by atoms with van der Waals surface area (Å²) >= 11 is 1.79. The van der Waals surface area contributed by atoms with Gasteiger partial charge in [-0.3, -0.25) is 0 Å². The van der Waals surface area contributed by atoms with E-state index < -0.39 is 5.60 Å². The third-order valence-electron chi connectivity index (χ3n) is 4.00. The summed E-state index contributed by atoms with van der Waals surface area (Å²) in [5.41, 5.74) is 0.917. The van der Waals surface area contributed by atoms with Crippen LogP contribution in [0.1, 0.15) is 39.2 Å². The monoisotopic (exact) mass is 332 g/mol. The minimum Gasteiger partial charge on any atom is -0.444 e. The Balaban J connectivity index is 1.42. The van der Waals surface area contributed by atoms with Crippen LogP contribution < -0.4 is 10.6 Å². The molecule has 0 radical (unpaired) electrons. The van der Waals surface area contributed by atoms with E-state index in [4.69, 9.17) is 4.74 Å². The van der Waals surface area contributed by atoms with Crippen molar-refractivity contribution in [3.8, 4) is 0 Å². The first-order valence-corrected chi connectivity index (χ1v) is 8.97. The Labute approximate surface area is 141 Å². The Bertz CT molecular complexity index is 684. The number of hydrogen-bond acceptors (Lipinski definition) is 4. The van der Waals surface area contributed by atoms with Gasteiger partial charge in [-0.05, 0) is 56.0 Å². The first kappa shape index (κ1) is 16.3. The minimum absolute atomic E-state index is 0.224. The van der Waals surface area contributed by atoms with E-state index in [1.165, 1.54) is 15.6 Å². The summed E-state index contributed by atoms with van der Waals surface area (Å²) < 4.78 is 6.61. The summed E-state index contributed by atoms with van der Waals surface area (Å²) in [5, 5.41) is 10.1. The third kappa shape index (κ3) is 4.24. The van der Waals surface area contributed by atoms with Crippen molar-refractivity contribution in [2.24, 2.45) is 0 Å². The molecule has 1 aromatic carbocycles. The van der Waals surface area contributed by atoms with Crippen molar-refractivity contribution in [2.75, 3.05) is 0 Å². The predicted molar refractivity (Wildman–Crippen MR) is 94.8 cm³/mol. The normalized spacial score (nSPS) is 21.0. The van der Waals surface area contributed by atoms with Gasteiger partial charge in [-0.2, -0.15) is 0 Å². The van der Waals surface area contributed by atoms with Crippen molar-refractivity contribution >= 4 is 27.5 Å². The van der Waals surface area contributed by atoms with Crippen molar-refractivity contribution in [2.45, 2.75) is 57.8 Å². The number of carbonyl (C=O) groups is 1. The number of nitrogens with one attached hydrogen (secondary N) is 2. The second-order valence-corrected chi connectivity index (χ2v) is 8.06. The van der Waals surface area contributed by atoms with Crippen LogP contribution in [0.2, 0.25) is 0 Å². The van der Waals surface area contributed by atoms with Crippen LogP contribution in [0.4, 0.5) is 4.79 Å². The number of carbonyl (C=O) groups excluding carboxylic acids is 1. The van der Waals surface area contributed by atoms with Gasteiger partial charge in [0.2, 0.25) is 0 Å². The summed E-state index contributed by atoms with van der Waals surface area (Å²) in [5.74, 6) is 0. The molecule has 1 aliphatic carbocycles. The number of alkyl carbamates (subject to hydrolysis) is 1. The van der Waals surface area contributed by atoms with Crippen LogP contribution in [0.5, 0.6) is 0 Å². The molecule has 0 bridgehead atoms. The molecule has 4 nitrogen and oxygen atoms in total. The van der Waals surface area contributed by atoms with Crippen molar-refractivity contribution in [3.05, 3.63) is 35.2 Å². The first-order valence-electron chi connectivity index (χ1n) is 8.09. The topological polar surface area (TPSA) is 50.4 Å². The van der Waals surface area contributed by atoms with E-state index >= 15 is 0 Å². The number of hydrogen-bond donors (Lipinski definition) is 2. The van der Waals surface area contributed by atoms with E-state index in [9.17, 15) is 4.79 Å².